The van der Waals surface area contributed by atoms with Gasteiger partial charge in [0.05, 0.1) is 0 Å². The molecule has 3 aromatic rings. The Labute approximate surface area is 245 Å². The Morgan fingerprint density at radius 2 is 1.40 bits per heavy atom. The molecule has 0 saturated carbocycles. The van der Waals surface area contributed by atoms with E-state index < -0.39 is 24.0 Å². The molecule has 3 nitrogen and oxygen atoms in total. The van der Waals surface area contributed by atoms with Gasteiger partial charge >= 0.3 is 0 Å². The van der Waals surface area contributed by atoms with Crippen LogP contribution in [-0.2, 0) is 11.4 Å². The molecule has 0 spiro atoms. The Bertz CT molecular complexity index is 1420. The van der Waals surface area contributed by atoms with Crippen LogP contribution in [0.1, 0.15) is 78.1 Å². The van der Waals surface area contributed by atoms with Gasteiger partial charge in [0.25, 0.3) is 0 Å². The molecule has 40 heavy (non-hydrogen) atoms. The molecule has 1 N–H and O–H groups in total. The predicted molar refractivity (Wildman–Crippen MR) is 173 cm³/mol. The van der Waals surface area contributed by atoms with Gasteiger partial charge in [0, 0.05) is 16.8 Å². The summed E-state index contributed by atoms with van der Waals surface area (Å²) in [5.74, 6) is 0.843. The van der Waals surface area contributed by atoms with Crippen molar-refractivity contribution in [1.29, 1.82) is 0 Å². The molecular formula is C35H42NO2PS. The molecule has 4 atom stereocenters. The topological polar surface area (TPSA) is 44.3 Å². The zero-order valence-corrected chi connectivity index (χ0v) is 26.8. The summed E-state index contributed by atoms with van der Waals surface area (Å²) < 4.78 is 23.1. The minimum absolute atomic E-state index is 0.0774. The summed E-state index contributed by atoms with van der Waals surface area (Å²) >= 11 is -1.26. The van der Waals surface area contributed by atoms with Gasteiger partial charge in [-0.05, 0) is 108 Å². The van der Waals surface area contributed by atoms with E-state index in [4.69, 9.17) is 4.74 Å². The van der Waals surface area contributed by atoms with Gasteiger partial charge in [-0.1, -0.05) is 85.3 Å². The number of benzene rings is 3. The minimum Gasteiger partial charge on any atom is -0.598 e. The third-order valence-electron chi connectivity index (χ3n) is 7.83. The van der Waals surface area contributed by atoms with E-state index >= 15 is 0 Å². The van der Waals surface area contributed by atoms with Gasteiger partial charge < -0.3 is 9.29 Å². The van der Waals surface area contributed by atoms with E-state index in [9.17, 15) is 4.55 Å². The van der Waals surface area contributed by atoms with E-state index in [2.05, 4.69) is 124 Å². The number of hydrogen-bond acceptors (Lipinski definition) is 3. The SMILES string of the molecule is CC1=C(c2ccccc2)[P@]2C[C@@]1(C)C(c1ccccc1)=C2[C@H](N[S+]([O-])C(C)(C)C)c1ccc(OC(C)(C)C)cc1. The summed E-state index contributed by atoms with van der Waals surface area (Å²) in [7, 11) is -0.651. The number of rotatable bonds is 7. The van der Waals surface area contributed by atoms with E-state index in [0.29, 0.717) is 0 Å². The Hall–Kier alpha value is -2.36. The lowest BCUT2D eigenvalue weighted by Crippen LogP contribution is -2.41. The molecule has 0 fully saturated rings. The second-order valence-electron chi connectivity index (χ2n) is 13.1. The number of fused-ring (bicyclic) bond motifs is 2. The highest BCUT2D eigenvalue weighted by atomic mass is 32.2. The molecule has 0 aliphatic carbocycles. The Kier molecular flexibility index (Phi) is 7.87. The normalized spacial score (nSPS) is 22.6. The second kappa shape index (κ2) is 10.8. The van der Waals surface area contributed by atoms with Crippen LogP contribution >= 0.6 is 7.92 Å². The highest BCUT2D eigenvalue weighted by molar-refractivity contribution is 7.90. The molecule has 0 radical (unpaired) electrons. The summed E-state index contributed by atoms with van der Waals surface area (Å²) in [6.45, 7) is 17.0. The second-order valence-corrected chi connectivity index (χ2v) is 17.2. The Morgan fingerprint density at radius 3 is 1.93 bits per heavy atom. The van der Waals surface area contributed by atoms with Crippen LogP contribution in [0.2, 0.25) is 0 Å². The average molecular weight is 572 g/mol. The van der Waals surface area contributed by atoms with Gasteiger partial charge in [-0.25, -0.2) is 0 Å². The summed E-state index contributed by atoms with van der Waals surface area (Å²) in [5.41, 5.74) is 6.21. The van der Waals surface area contributed by atoms with E-state index in [-0.39, 0.29) is 17.1 Å². The maximum atomic E-state index is 13.8. The molecule has 0 saturated heterocycles. The molecule has 5 rings (SSSR count). The van der Waals surface area contributed by atoms with Crippen LogP contribution in [0.3, 0.4) is 0 Å². The third kappa shape index (κ3) is 5.57. The van der Waals surface area contributed by atoms with Crippen molar-refractivity contribution in [3.8, 4) is 5.75 Å². The first kappa shape index (κ1) is 29.1. The minimum atomic E-state index is -1.26. The molecule has 3 aromatic carbocycles. The van der Waals surface area contributed by atoms with Crippen molar-refractivity contribution < 1.29 is 9.29 Å². The highest BCUT2D eigenvalue weighted by Gasteiger charge is 2.54. The van der Waals surface area contributed by atoms with Crippen LogP contribution in [0.15, 0.2) is 95.8 Å². The first-order valence-electron chi connectivity index (χ1n) is 14.1. The summed E-state index contributed by atoms with van der Waals surface area (Å²) in [5, 5.41) is 2.88. The van der Waals surface area contributed by atoms with E-state index in [1.54, 1.807) is 0 Å². The molecule has 2 bridgehead atoms. The van der Waals surface area contributed by atoms with Gasteiger partial charge in [0.15, 0.2) is 0 Å². The number of ether oxygens (including phenoxy) is 1. The van der Waals surface area contributed by atoms with Crippen LogP contribution in [0, 0.1) is 5.41 Å². The predicted octanol–water partition coefficient (Wildman–Crippen LogP) is 9.31. The lowest BCUT2D eigenvalue weighted by molar-refractivity contribution is 0.131. The van der Waals surface area contributed by atoms with Crippen LogP contribution in [-0.4, -0.2) is 21.1 Å². The molecule has 1 unspecified atom stereocenters. The zero-order chi connectivity index (χ0) is 28.9. The van der Waals surface area contributed by atoms with Crippen molar-refractivity contribution in [2.24, 2.45) is 5.41 Å². The Balaban J connectivity index is 1.70. The maximum Gasteiger partial charge on any atom is 0.136 e. The zero-order valence-electron chi connectivity index (χ0n) is 25.0. The summed E-state index contributed by atoms with van der Waals surface area (Å²) in [4.78, 5) is 0. The smallest absolute Gasteiger partial charge is 0.136 e. The number of hydrogen-bond donors (Lipinski definition) is 1. The van der Waals surface area contributed by atoms with Crippen LogP contribution in [0.25, 0.3) is 10.9 Å². The fourth-order valence-corrected chi connectivity index (χ4v) is 10.6. The van der Waals surface area contributed by atoms with Crippen LogP contribution < -0.4 is 9.46 Å². The molecule has 2 aliphatic rings. The van der Waals surface area contributed by atoms with Crippen molar-refractivity contribution in [2.75, 3.05) is 6.16 Å². The van der Waals surface area contributed by atoms with Crippen LogP contribution in [0.5, 0.6) is 5.75 Å². The molecular weight excluding hydrogens is 529 g/mol. The molecule has 2 heterocycles. The fourth-order valence-electron chi connectivity index (χ4n) is 5.85. The lowest BCUT2D eigenvalue weighted by atomic mass is 9.73. The van der Waals surface area contributed by atoms with Gasteiger partial charge in [-0.2, -0.15) is 0 Å². The van der Waals surface area contributed by atoms with Gasteiger partial charge in [0.1, 0.15) is 22.1 Å². The van der Waals surface area contributed by atoms with Crippen molar-refractivity contribution in [3.05, 3.63) is 113 Å². The van der Waals surface area contributed by atoms with E-state index in [0.717, 1.165) is 17.5 Å². The third-order valence-corrected chi connectivity index (χ3v) is 12.5. The van der Waals surface area contributed by atoms with E-state index in [1.807, 2.05) is 20.8 Å². The number of nitrogens with one attached hydrogen (secondary N) is 1. The quantitative estimate of drug-likeness (QED) is 0.227. The van der Waals surface area contributed by atoms with Crippen molar-refractivity contribution in [3.63, 3.8) is 0 Å². The standard InChI is InChI=1S/C35H42NO2PS/c1-24-31(27-17-13-10-14-18-27)39-23-35(24,8)29(25-15-11-9-12-16-25)32(39)30(36-40(37)34(5,6)7)26-19-21-28(22-20-26)38-33(2,3)4/h9-22,30,36H,23H2,1-8H3/t30-,35-,39+,40?/m1/s1. The Morgan fingerprint density at radius 1 is 0.850 bits per heavy atom. The maximum absolute atomic E-state index is 13.8. The number of allylic oxidation sites excluding steroid dienone is 2. The van der Waals surface area contributed by atoms with E-state index in [1.165, 1.54) is 32.9 Å². The van der Waals surface area contributed by atoms with Crippen molar-refractivity contribution in [2.45, 2.75) is 71.8 Å². The molecule has 0 aromatic heterocycles. The highest BCUT2D eigenvalue weighted by Crippen LogP contribution is 2.79. The first-order valence-corrected chi connectivity index (χ1v) is 16.8. The molecule has 210 valence electrons. The van der Waals surface area contributed by atoms with Gasteiger partial charge in [0.2, 0.25) is 0 Å². The molecule has 5 heteroatoms. The van der Waals surface area contributed by atoms with Crippen molar-refractivity contribution >= 4 is 30.2 Å². The largest absolute Gasteiger partial charge is 0.598 e. The van der Waals surface area contributed by atoms with Gasteiger partial charge in [-0.15, -0.1) is 4.72 Å². The average Bonchev–Trinajstić information content (AvgIpc) is 3.34. The fraction of sp³-hybridized carbons (Fsp3) is 0.371. The summed E-state index contributed by atoms with van der Waals surface area (Å²) in [6.07, 6.45) is 1.09. The first-order chi connectivity index (χ1) is 18.8. The lowest BCUT2D eigenvalue weighted by Gasteiger charge is -2.36. The van der Waals surface area contributed by atoms with Gasteiger partial charge in [-0.3, -0.25) is 0 Å². The summed E-state index contributed by atoms with van der Waals surface area (Å²) in [6, 6.07) is 29.9. The van der Waals surface area contributed by atoms with Crippen molar-refractivity contribution in [1.82, 2.24) is 4.72 Å². The monoisotopic (exact) mass is 571 g/mol. The van der Waals surface area contributed by atoms with Crippen LogP contribution in [0.4, 0.5) is 0 Å². The molecule has 0 amide bonds. The molecule has 2 aliphatic heterocycles.